The number of aromatic nitrogens is 1. The van der Waals surface area contributed by atoms with Gasteiger partial charge in [0.15, 0.2) is 0 Å². The number of hydrogen-bond donors (Lipinski definition) is 2. The lowest BCUT2D eigenvalue weighted by atomic mass is 10.2. The normalized spacial score (nSPS) is 11.2. The van der Waals surface area contributed by atoms with Crippen LogP contribution in [0, 0.1) is 13.8 Å². The summed E-state index contributed by atoms with van der Waals surface area (Å²) in [5.74, 6) is -0.444. The first-order chi connectivity index (χ1) is 7.56. The molecule has 1 heterocycles. The summed E-state index contributed by atoms with van der Waals surface area (Å²) in [6.07, 6.45) is 3.81. The SMILES string of the molecule is Cc1cc(/C=C\C(N)=O)c(C)n1CCCO. The number of hydrogen-bond acceptors (Lipinski definition) is 2. The third kappa shape index (κ3) is 2.97. The Hall–Kier alpha value is -1.55. The second kappa shape index (κ2) is 5.51. The van der Waals surface area contributed by atoms with Gasteiger partial charge < -0.3 is 15.4 Å². The minimum absolute atomic E-state index is 0.184. The van der Waals surface area contributed by atoms with Crippen molar-refractivity contribution >= 4 is 12.0 Å². The second-order valence-electron chi connectivity index (χ2n) is 3.79. The molecule has 1 amide bonds. The van der Waals surface area contributed by atoms with Gasteiger partial charge in [-0.3, -0.25) is 4.79 Å². The highest BCUT2D eigenvalue weighted by Crippen LogP contribution is 2.16. The van der Waals surface area contributed by atoms with E-state index in [1.54, 1.807) is 6.08 Å². The summed E-state index contributed by atoms with van der Waals surface area (Å²) in [6.45, 7) is 4.97. The predicted molar refractivity (Wildman–Crippen MR) is 63.8 cm³/mol. The summed E-state index contributed by atoms with van der Waals surface area (Å²) in [4.78, 5) is 10.6. The Morgan fingerprint density at radius 1 is 1.56 bits per heavy atom. The molecular formula is C12H18N2O2. The van der Waals surface area contributed by atoms with Gasteiger partial charge in [0.25, 0.3) is 0 Å². The molecule has 0 fully saturated rings. The molecule has 16 heavy (non-hydrogen) atoms. The first-order valence-corrected chi connectivity index (χ1v) is 5.31. The largest absolute Gasteiger partial charge is 0.396 e. The summed E-state index contributed by atoms with van der Waals surface area (Å²) < 4.78 is 2.12. The van der Waals surface area contributed by atoms with Crippen LogP contribution in [0.4, 0.5) is 0 Å². The molecule has 0 spiro atoms. The van der Waals surface area contributed by atoms with Crippen molar-refractivity contribution in [1.82, 2.24) is 4.57 Å². The fraction of sp³-hybridized carbons (Fsp3) is 0.417. The standard InChI is InChI=1S/C12H18N2O2/c1-9-8-11(4-5-12(13)16)10(2)14(9)6-3-7-15/h4-5,8,15H,3,6-7H2,1-2H3,(H2,13,16)/b5-4-. The van der Waals surface area contributed by atoms with Crippen molar-refractivity contribution in [3.05, 3.63) is 29.1 Å². The smallest absolute Gasteiger partial charge is 0.241 e. The van der Waals surface area contributed by atoms with Crippen molar-refractivity contribution in [2.45, 2.75) is 26.8 Å². The van der Waals surface area contributed by atoms with Gasteiger partial charge in [-0.05, 0) is 38.0 Å². The van der Waals surface area contributed by atoms with Gasteiger partial charge in [-0.2, -0.15) is 0 Å². The molecule has 1 aromatic heterocycles. The van der Waals surface area contributed by atoms with Gasteiger partial charge in [0.2, 0.25) is 5.91 Å². The molecule has 4 heteroatoms. The summed E-state index contributed by atoms with van der Waals surface area (Å²) in [5.41, 5.74) is 8.25. The van der Waals surface area contributed by atoms with E-state index >= 15 is 0 Å². The van der Waals surface area contributed by atoms with Crippen molar-refractivity contribution in [2.24, 2.45) is 5.73 Å². The fourth-order valence-corrected chi connectivity index (χ4v) is 1.74. The van der Waals surface area contributed by atoms with Crippen molar-refractivity contribution in [3.63, 3.8) is 0 Å². The van der Waals surface area contributed by atoms with Gasteiger partial charge in [-0.15, -0.1) is 0 Å². The average molecular weight is 222 g/mol. The number of carbonyl (C=O) groups excluding carboxylic acids is 1. The first-order valence-electron chi connectivity index (χ1n) is 5.31. The highest BCUT2D eigenvalue weighted by atomic mass is 16.3. The van der Waals surface area contributed by atoms with Crippen LogP contribution in [0.25, 0.3) is 6.08 Å². The Kier molecular flexibility index (Phi) is 4.31. The summed E-state index contributed by atoms with van der Waals surface area (Å²) in [7, 11) is 0. The Bertz CT molecular complexity index is 405. The van der Waals surface area contributed by atoms with Crippen LogP contribution in [0.3, 0.4) is 0 Å². The van der Waals surface area contributed by atoms with Crippen LogP contribution >= 0.6 is 0 Å². The summed E-state index contributed by atoms with van der Waals surface area (Å²) >= 11 is 0. The van der Waals surface area contributed by atoms with Gasteiger partial charge in [0.05, 0.1) is 0 Å². The number of aliphatic hydroxyl groups is 1. The number of aliphatic hydroxyl groups excluding tert-OH is 1. The minimum atomic E-state index is -0.444. The lowest BCUT2D eigenvalue weighted by molar-refractivity contribution is -0.113. The maximum Gasteiger partial charge on any atom is 0.241 e. The van der Waals surface area contributed by atoms with E-state index in [0.717, 1.165) is 29.9 Å². The third-order valence-corrected chi connectivity index (χ3v) is 2.58. The number of rotatable bonds is 5. The maximum atomic E-state index is 10.6. The molecule has 0 atom stereocenters. The van der Waals surface area contributed by atoms with Gasteiger partial charge in [-0.1, -0.05) is 0 Å². The van der Waals surface area contributed by atoms with E-state index in [1.165, 1.54) is 6.08 Å². The quantitative estimate of drug-likeness (QED) is 0.729. The van der Waals surface area contributed by atoms with Gasteiger partial charge in [0, 0.05) is 30.6 Å². The molecule has 0 unspecified atom stereocenters. The van der Waals surface area contributed by atoms with Crippen LogP contribution in [0.2, 0.25) is 0 Å². The molecule has 3 N–H and O–H groups in total. The van der Waals surface area contributed by atoms with Crippen LogP contribution < -0.4 is 5.73 Å². The molecule has 0 saturated heterocycles. The van der Waals surface area contributed by atoms with Crippen LogP contribution in [-0.4, -0.2) is 22.2 Å². The molecule has 1 rings (SSSR count). The Balaban J connectivity index is 2.92. The molecule has 1 aromatic rings. The van der Waals surface area contributed by atoms with E-state index in [0.29, 0.717) is 0 Å². The molecule has 4 nitrogen and oxygen atoms in total. The molecule has 0 saturated carbocycles. The molecule has 0 aliphatic rings. The zero-order valence-electron chi connectivity index (χ0n) is 9.73. The van der Waals surface area contributed by atoms with Gasteiger partial charge >= 0.3 is 0 Å². The lowest BCUT2D eigenvalue weighted by Gasteiger charge is -2.07. The predicted octanol–water partition coefficient (Wildman–Crippen LogP) is 0.986. The van der Waals surface area contributed by atoms with E-state index in [-0.39, 0.29) is 6.61 Å². The molecular weight excluding hydrogens is 204 g/mol. The second-order valence-corrected chi connectivity index (χ2v) is 3.79. The van der Waals surface area contributed by atoms with E-state index < -0.39 is 5.91 Å². The van der Waals surface area contributed by atoms with E-state index in [4.69, 9.17) is 10.8 Å². The molecule has 0 aromatic carbocycles. The first kappa shape index (κ1) is 12.5. The number of carbonyl (C=O) groups is 1. The van der Waals surface area contributed by atoms with Crippen molar-refractivity contribution in [1.29, 1.82) is 0 Å². The zero-order valence-corrected chi connectivity index (χ0v) is 9.73. The molecule has 0 aliphatic carbocycles. The van der Waals surface area contributed by atoms with E-state index in [2.05, 4.69) is 4.57 Å². The van der Waals surface area contributed by atoms with Crippen LogP contribution in [0.1, 0.15) is 23.4 Å². The highest BCUT2D eigenvalue weighted by Gasteiger charge is 2.06. The molecule has 0 aliphatic heterocycles. The Labute approximate surface area is 95.4 Å². The number of primary amides is 1. The third-order valence-electron chi connectivity index (χ3n) is 2.58. The van der Waals surface area contributed by atoms with E-state index in [1.807, 2.05) is 19.9 Å². The topological polar surface area (TPSA) is 68.2 Å². The van der Waals surface area contributed by atoms with E-state index in [9.17, 15) is 4.79 Å². The van der Waals surface area contributed by atoms with Crippen molar-refractivity contribution in [3.8, 4) is 0 Å². The van der Waals surface area contributed by atoms with Crippen molar-refractivity contribution < 1.29 is 9.90 Å². The number of amides is 1. The van der Waals surface area contributed by atoms with Gasteiger partial charge in [0.1, 0.15) is 0 Å². The molecule has 88 valence electrons. The summed E-state index contributed by atoms with van der Waals surface area (Å²) in [6, 6.07) is 2.01. The summed E-state index contributed by atoms with van der Waals surface area (Å²) in [5, 5.41) is 8.80. The monoisotopic (exact) mass is 222 g/mol. The number of nitrogens with two attached hydrogens (primary N) is 1. The average Bonchev–Trinajstić information content (AvgIpc) is 2.49. The molecule has 0 radical (unpaired) electrons. The number of aryl methyl sites for hydroxylation is 1. The Morgan fingerprint density at radius 3 is 2.81 bits per heavy atom. The lowest BCUT2D eigenvalue weighted by Crippen LogP contribution is -2.05. The zero-order chi connectivity index (χ0) is 12.1. The van der Waals surface area contributed by atoms with Crippen LogP contribution in [0.15, 0.2) is 12.1 Å². The fourth-order valence-electron chi connectivity index (χ4n) is 1.74. The Morgan fingerprint density at radius 2 is 2.25 bits per heavy atom. The maximum absolute atomic E-state index is 10.6. The highest BCUT2D eigenvalue weighted by molar-refractivity contribution is 5.90. The number of nitrogens with zero attached hydrogens (tertiary/aromatic N) is 1. The van der Waals surface area contributed by atoms with Crippen molar-refractivity contribution in [2.75, 3.05) is 6.61 Å². The van der Waals surface area contributed by atoms with Crippen LogP contribution in [-0.2, 0) is 11.3 Å². The minimum Gasteiger partial charge on any atom is -0.396 e. The van der Waals surface area contributed by atoms with Crippen LogP contribution in [0.5, 0.6) is 0 Å². The van der Waals surface area contributed by atoms with Gasteiger partial charge in [-0.25, -0.2) is 0 Å². The molecule has 0 bridgehead atoms.